The molecule has 0 spiro atoms. The number of nitrogens with one attached hydrogen (secondary N) is 1. The van der Waals surface area contributed by atoms with Gasteiger partial charge < -0.3 is 15.0 Å². The minimum Gasteiger partial charge on any atom is -0.494 e. The predicted molar refractivity (Wildman–Crippen MR) is 119 cm³/mol. The number of aromatic nitrogens is 1. The Bertz CT molecular complexity index is 962. The van der Waals surface area contributed by atoms with Crippen LogP contribution in [-0.2, 0) is 6.54 Å². The SMILES string of the molecule is CCCOc1ccc(CNC(=O)c2ccc3nc(N4CCCCC4)sc3c2)cc1. The molecule has 1 amide bonds. The molecule has 0 atom stereocenters. The van der Waals surface area contributed by atoms with Gasteiger partial charge in [-0.05, 0) is 61.6 Å². The molecule has 0 aliphatic carbocycles. The van der Waals surface area contributed by atoms with E-state index in [2.05, 4.69) is 17.1 Å². The Hall–Kier alpha value is -2.60. The monoisotopic (exact) mass is 409 g/mol. The van der Waals surface area contributed by atoms with Gasteiger partial charge in [0.2, 0.25) is 0 Å². The standard InChI is InChI=1S/C23H27N3O2S/c1-2-14-28-19-9-6-17(7-10-19)16-24-22(27)18-8-11-20-21(15-18)29-23(25-20)26-12-4-3-5-13-26/h6-11,15H,2-5,12-14,16H2,1H3,(H,24,27). The lowest BCUT2D eigenvalue weighted by molar-refractivity contribution is 0.0951. The number of piperidine rings is 1. The van der Waals surface area contributed by atoms with Gasteiger partial charge in [-0.1, -0.05) is 30.4 Å². The first-order valence-corrected chi connectivity index (χ1v) is 11.2. The normalized spacial score (nSPS) is 14.2. The number of carbonyl (C=O) groups is 1. The minimum absolute atomic E-state index is 0.0638. The van der Waals surface area contributed by atoms with E-state index < -0.39 is 0 Å². The zero-order valence-electron chi connectivity index (χ0n) is 16.8. The summed E-state index contributed by atoms with van der Waals surface area (Å²) in [7, 11) is 0. The van der Waals surface area contributed by atoms with Gasteiger partial charge in [-0.2, -0.15) is 0 Å². The molecule has 152 valence electrons. The van der Waals surface area contributed by atoms with Crippen molar-refractivity contribution in [3.8, 4) is 5.75 Å². The summed E-state index contributed by atoms with van der Waals surface area (Å²) >= 11 is 1.68. The highest BCUT2D eigenvalue weighted by molar-refractivity contribution is 7.22. The first kappa shape index (κ1) is 19.7. The summed E-state index contributed by atoms with van der Waals surface area (Å²) in [6.07, 6.45) is 4.76. The second kappa shape index (κ2) is 9.27. The van der Waals surface area contributed by atoms with Gasteiger partial charge in [-0.3, -0.25) is 4.79 Å². The number of anilines is 1. The van der Waals surface area contributed by atoms with Crippen molar-refractivity contribution >= 4 is 32.6 Å². The van der Waals surface area contributed by atoms with E-state index in [1.54, 1.807) is 11.3 Å². The lowest BCUT2D eigenvalue weighted by atomic mass is 10.1. The van der Waals surface area contributed by atoms with Gasteiger partial charge in [-0.15, -0.1) is 0 Å². The van der Waals surface area contributed by atoms with Gasteiger partial charge in [0, 0.05) is 25.2 Å². The summed E-state index contributed by atoms with van der Waals surface area (Å²) in [6, 6.07) is 13.6. The molecule has 2 heterocycles. The first-order chi connectivity index (χ1) is 14.2. The van der Waals surface area contributed by atoms with Crippen LogP contribution in [0.4, 0.5) is 5.13 Å². The Morgan fingerprint density at radius 1 is 1.14 bits per heavy atom. The smallest absolute Gasteiger partial charge is 0.251 e. The molecule has 1 aliphatic heterocycles. The number of carbonyl (C=O) groups excluding carboxylic acids is 1. The average Bonchev–Trinajstić information content (AvgIpc) is 3.21. The Morgan fingerprint density at radius 3 is 2.69 bits per heavy atom. The van der Waals surface area contributed by atoms with Crippen LogP contribution < -0.4 is 15.0 Å². The van der Waals surface area contributed by atoms with E-state index in [9.17, 15) is 4.79 Å². The Kier molecular flexibility index (Phi) is 6.30. The number of ether oxygens (including phenoxy) is 1. The van der Waals surface area contributed by atoms with Gasteiger partial charge in [0.05, 0.1) is 16.8 Å². The van der Waals surface area contributed by atoms with E-state index in [4.69, 9.17) is 9.72 Å². The van der Waals surface area contributed by atoms with Crippen LogP contribution in [0, 0.1) is 0 Å². The number of rotatable bonds is 7. The van der Waals surface area contributed by atoms with Crippen LogP contribution in [0.25, 0.3) is 10.2 Å². The maximum absolute atomic E-state index is 12.6. The quantitative estimate of drug-likeness (QED) is 0.596. The average molecular weight is 410 g/mol. The van der Waals surface area contributed by atoms with Crippen molar-refractivity contribution < 1.29 is 9.53 Å². The van der Waals surface area contributed by atoms with Crippen molar-refractivity contribution in [1.29, 1.82) is 0 Å². The van der Waals surface area contributed by atoms with Gasteiger partial charge in [0.1, 0.15) is 5.75 Å². The zero-order valence-corrected chi connectivity index (χ0v) is 17.6. The minimum atomic E-state index is -0.0638. The van der Waals surface area contributed by atoms with E-state index in [1.807, 2.05) is 42.5 Å². The third-order valence-corrected chi connectivity index (χ3v) is 6.19. The van der Waals surface area contributed by atoms with E-state index in [-0.39, 0.29) is 5.91 Å². The van der Waals surface area contributed by atoms with Gasteiger partial charge in [0.25, 0.3) is 5.91 Å². The fourth-order valence-electron chi connectivity index (χ4n) is 3.48. The van der Waals surface area contributed by atoms with Crippen LogP contribution in [0.2, 0.25) is 0 Å². The number of fused-ring (bicyclic) bond motifs is 1. The molecule has 1 N–H and O–H groups in total. The highest BCUT2D eigenvalue weighted by Crippen LogP contribution is 2.31. The van der Waals surface area contributed by atoms with Crippen molar-refractivity contribution in [2.24, 2.45) is 0 Å². The second-order valence-electron chi connectivity index (χ2n) is 7.40. The lowest BCUT2D eigenvalue weighted by Gasteiger charge is -2.25. The van der Waals surface area contributed by atoms with Crippen LogP contribution in [-0.4, -0.2) is 30.6 Å². The maximum Gasteiger partial charge on any atom is 0.251 e. The third kappa shape index (κ3) is 4.88. The number of amides is 1. The Labute approximate surface area is 175 Å². The Balaban J connectivity index is 1.39. The molecule has 1 aromatic heterocycles. The van der Waals surface area contributed by atoms with Crippen LogP contribution in [0.1, 0.15) is 48.5 Å². The summed E-state index contributed by atoms with van der Waals surface area (Å²) in [6.45, 7) is 5.45. The third-order valence-electron chi connectivity index (χ3n) is 5.12. The molecule has 0 bridgehead atoms. The van der Waals surface area contributed by atoms with E-state index >= 15 is 0 Å². The molecular weight excluding hydrogens is 382 g/mol. The van der Waals surface area contributed by atoms with Crippen LogP contribution in [0.3, 0.4) is 0 Å². The molecule has 5 nitrogen and oxygen atoms in total. The van der Waals surface area contributed by atoms with Gasteiger partial charge in [0.15, 0.2) is 5.13 Å². The van der Waals surface area contributed by atoms with Crippen LogP contribution in [0.15, 0.2) is 42.5 Å². The van der Waals surface area contributed by atoms with Crippen molar-refractivity contribution in [1.82, 2.24) is 10.3 Å². The lowest BCUT2D eigenvalue weighted by Crippen LogP contribution is -2.29. The number of hydrogen-bond donors (Lipinski definition) is 1. The van der Waals surface area contributed by atoms with E-state index in [0.717, 1.165) is 52.8 Å². The molecule has 1 aliphatic rings. The second-order valence-corrected chi connectivity index (χ2v) is 8.41. The molecule has 1 saturated heterocycles. The van der Waals surface area contributed by atoms with E-state index in [0.29, 0.717) is 12.1 Å². The fraction of sp³-hybridized carbons (Fsp3) is 0.391. The largest absolute Gasteiger partial charge is 0.494 e. The Morgan fingerprint density at radius 2 is 1.93 bits per heavy atom. The summed E-state index contributed by atoms with van der Waals surface area (Å²) in [4.78, 5) is 19.7. The highest BCUT2D eigenvalue weighted by atomic mass is 32.1. The molecular formula is C23H27N3O2S. The number of benzene rings is 2. The van der Waals surface area contributed by atoms with E-state index in [1.165, 1.54) is 19.3 Å². The molecule has 6 heteroatoms. The topological polar surface area (TPSA) is 54.5 Å². The van der Waals surface area contributed by atoms with Gasteiger partial charge in [-0.25, -0.2) is 4.98 Å². The van der Waals surface area contributed by atoms with Crippen LogP contribution in [0.5, 0.6) is 5.75 Å². The molecule has 3 aromatic rings. The summed E-state index contributed by atoms with van der Waals surface area (Å²) in [5.41, 5.74) is 2.69. The summed E-state index contributed by atoms with van der Waals surface area (Å²) in [5.74, 6) is 0.799. The van der Waals surface area contributed by atoms with Crippen molar-refractivity contribution in [2.75, 3.05) is 24.6 Å². The molecule has 29 heavy (non-hydrogen) atoms. The van der Waals surface area contributed by atoms with Crippen LogP contribution >= 0.6 is 11.3 Å². The number of hydrogen-bond acceptors (Lipinski definition) is 5. The number of thiazole rings is 1. The fourth-order valence-corrected chi connectivity index (χ4v) is 4.54. The molecule has 1 fully saturated rings. The summed E-state index contributed by atoms with van der Waals surface area (Å²) in [5, 5.41) is 4.08. The van der Waals surface area contributed by atoms with Crippen molar-refractivity contribution in [3.05, 3.63) is 53.6 Å². The molecule has 0 radical (unpaired) electrons. The van der Waals surface area contributed by atoms with Crippen molar-refractivity contribution in [3.63, 3.8) is 0 Å². The summed E-state index contributed by atoms with van der Waals surface area (Å²) < 4.78 is 6.66. The van der Waals surface area contributed by atoms with Gasteiger partial charge >= 0.3 is 0 Å². The van der Waals surface area contributed by atoms with Crippen molar-refractivity contribution in [2.45, 2.75) is 39.2 Å². The molecule has 0 saturated carbocycles. The molecule has 4 rings (SSSR count). The maximum atomic E-state index is 12.6. The molecule has 2 aromatic carbocycles. The zero-order chi connectivity index (χ0) is 20.1. The first-order valence-electron chi connectivity index (χ1n) is 10.4. The number of nitrogens with zero attached hydrogens (tertiary/aromatic N) is 2. The highest BCUT2D eigenvalue weighted by Gasteiger charge is 2.16. The predicted octanol–water partition coefficient (Wildman–Crippen LogP) is 5.01. The molecule has 0 unspecified atom stereocenters.